The largest absolute Gasteiger partial charge is 0.349 e. The zero-order valence-corrected chi connectivity index (χ0v) is 11.7. The van der Waals surface area contributed by atoms with Crippen LogP contribution in [-0.2, 0) is 12.8 Å². The van der Waals surface area contributed by atoms with Crippen LogP contribution in [0.4, 0.5) is 0 Å². The van der Waals surface area contributed by atoms with Crippen LogP contribution < -0.4 is 10.9 Å². The lowest BCUT2D eigenvalue weighted by molar-refractivity contribution is 0.0933. The molecule has 1 aliphatic carbocycles. The number of rotatable bonds is 2. The minimum Gasteiger partial charge on any atom is -0.349 e. The first-order chi connectivity index (χ1) is 10.1. The number of aryl methyl sites for hydroxylation is 2. The number of pyridine rings is 1. The standard InChI is InChI=1S/C15H16N4O2/c1-9-2-3-10(8-16-9)15(21)17-12-4-5-13-11(6-12)7-14(20)19-18-13/h2-3,7-8,12H,4-6H2,1H3,(H,17,21)(H,19,20)/t12-/m1/s1. The van der Waals surface area contributed by atoms with Crippen molar-refractivity contribution in [1.82, 2.24) is 20.5 Å². The SMILES string of the molecule is Cc1ccc(C(=O)N[C@@H]2CCc3n[nH]c(=O)cc3C2)cn1. The average molecular weight is 284 g/mol. The highest BCUT2D eigenvalue weighted by atomic mass is 16.1. The van der Waals surface area contributed by atoms with Gasteiger partial charge in [-0.1, -0.05) is 0 Å². The van der Waals surface area contributed by atoms with Crippen LogP contribution in [0.1, 0.15) is 33.7 Å². The molecule has 2 aromatic heterocycles. The molecule has 108 valence electrons. The Bertz CT molecular complexity index is 721. The second-order valence-corrected chi connectivity index (χ2v) is 5.31. The summed E-state index contributed by atoms with van der Waals surface area (Å²) in [5.41, 5.74) is 3.05. The van der Waals surface area contributed by atoms with Gasteiger partial charge in [0, 0.05) is 24.0 Å². The second-order valence-electron chi connectivity index (χ2n) is 5.31. The van der Waals surface area contributed by atoms with Gasteiger partial charge < -0.3 is 5.32 Å². The minimum atomic E-state index is -0.205. The summed E-state index contributed by atoms with van der Waals surface area (Å²) in [6, 6.07) is 5.17. The zero-order valence-electron chi connectivity index (χ0n) is 11.7. The number of fused-ring (bicyclic) bond motifs is 1. The number of aromatic nitrogens is 3. The van der Waals surface area contributed by atoms with Crippen LogP contribution >= 0.6 is 0 Å². The fourth-order valence-corrected chi connectivity index (χ4v) is 2.53. The number of carbonyl (C=O) groups excluding carboxylic acids is 1. The maximum Gasteiger partial charge on any atom is 0.264 e. The van der Waals surface area contributed by atoms with E-state index in [1.165, 1.54) is 0 Å². The van der Waals surface area contributed by atoms with E-state index in [-0.39, 0.29) is 17.5 Å². The van der Waals surface area contributed by atoms with Crippen molar-refractivity contribution in [2.75, 3.05) is 0 Å². The molecule has 2 N–H and O–H groups in total. The third kappa shape index (κ3) is 2.99. The van der Waals surface area contributed by atoms with Crippen molar-refractivity contribution in [2.24, 2.45) is 0 Å². The Balaban J connectivity index is 1.70. The number of H-pyrrole nitrogens is 1. The van der Waals surface area contributed by atoms with E-state index in [4.69, 9.17) is 0 Å². The van der Waals surface area contributed by atoms with Crippen molar-refractivity contribution >= 4 is 5.91 Å². The molecule has 0 saturated carbocycles. The van der Waals surface area contributed by atoms with Crippen LogP contribution in [0.5, 0.6) is 0 Å². The van der Waals surface area contributed by atoms with Gasteiger partial charge in [0.05, 0.1) is 11.3 Å². The Morgan fingerprint density at radius 2 is 2.29 bits per heavy atom. The maximum absolute atomic E-state index is 12.2. The molecular weight excluding hydrogens is 268 g/mol. The Morgan fingerprint density at radius 3 is 3.05 bits per heavy atom. The number of nitrogens with zero attached hydrogens (tertiary/aromatic N) is 2. The first-order valence-corrected chi connectivity index (χ1v) is 6.93. The molecule has 0 fully saturated rings. The Hall–Kier alpha value is -2.50. The molecule has 0 spiro atoms. The molecule has 0 unspecified atom stereocenters. The molecule has 0 bridgehead atoms. The summed E-state index contributed by atoms with van der Waals surface area (Å²) in [5, 5.41) is 9.48. The molecule has 0 aliphatic heterocycles. The molecule has 0 aromatic carbocycles. The van der Waals surface area contributed by atoms with Gasteiger partial charge in [0.15, 0.2) is 0 Å². The normalized spacial score (nSPS) is 17.1. The van der Waals surface area contributed by atoms with Crippen LogP contribution in [0.2, 0.25) is 0 Å². The van der Waals surface area contributed by atoms with E-state index in [1.54, 1.807) is 18.3 Å². The fraction of sp³-hybridized carbons (Fsp3) is 0.333. The molecule has 6 heteroatoms. The van der Waals surface area contributed by atoms with Crippen LogP contribution in [0.3, 0.4) is 0 Å². The highest BCUT2D eigenvalue weighted by Gasteiger charge is 2.22. The molecule has 0 radical (unpaired) electrons. The molecular formula is C15H16N4O2. The predicted molar refractivity (Wildman–Crippen MR) is 77.1 cm³/mol. The smallest absolute Gasteiger partial charge is 0.264 e. The molecule has 0 saturated heterocycles. The maximum atomic E-state index is 12.2. The molecule has 2 heterocycles. The van der Waals surface area contributed by atoms with Crippen LogP contribution in [0.25, 0.3) is 0 Å². The van der Waals surface area contributed by atoms with Crippen LogP contribution in [0, 0.1) is 6.92 Å². The quantitative estimate of drug-likeness (QED) is 0.852. The predicted octanol–water partition coefficient (Wildman–Crippen LogP) is 0.761. The van der Waals surface area contributed by atoms with Gasteiger partial charge in [-0.3, -0.25) is 14.6 Å². The molecule has 6 nitrogen and oxygen atoms in total. The van der Waals surface area contributed by atoms with E-state index in [2.05, 4.69) is 20.5 Å². The highest BCUT2D eigenvalue weighted by Crippen LogP contribution is 2.17. The number of hydrogen-bond donors (Lipinski definition) is 2. The molecule has 3 rings (SSSR count). The van der Waals surface area contributed by atoms with E-state index in [0.717, 1.165) is 29.8 Å². The highest BCUT2D eigenvalue weighted by molar-refractivity contribution is 5.94. The number of aromatic amines is 1. The van der Waals surface area contributed by atoms with Gasteiger partial charge in [-0.25, -0.2) is 5.10 Å². The van der Waals surface area contributed by atoms with E-state index >= 15 is 0 Å². The molecule has 1 atom stereocenters. The summed E-state index contributed by atoms with van der Waals surface area (Å²) in [7, 11) is 0. The molecule has 1 aliphatic rings. The minimum absolute atomic E-state index is 0.0231. The lowest BCUT2D eigenvalue weighted by atomic mass is 9.92. The zero-order chi connectivity index (χ0) is 14.8. The van der Waals surface area contributed by atoms with Gasteiger partial charge in [-0.05, 0) is 43.9 Å². The molecule has 1 amide bonds. The second kappa shape index (κ2) is 5.47. The van der Waals surface area contributed by atoms with Crippen LogP contribution in [0.15, 0.2) is 29.2 Å². The lowest BCUT2D eigenvalue weighted by Crippen LogP contribution is -2.39. The van der Waals surface area contributed by atoms with Crippen molar-refractivity contribution in [3.8, 4) is 0 Å². The van der Waals surface area contributed by atoms with Crippen molar-refractivity contribution in [2.45, 2.75) is 32.2 Å². The van der Waals surface area contributed by atoms with Gasteiger partial charge in [0.2, 0.25) is 0 Å². The van der Waals surface area contributed by atoms with Crippen LogP contribution in [-0.4, -0.2) is 27.1 Å². The number of hydrogen-bond acceptors (Lipinski definition) is 4. The Kier molecular flexibility index (Phi) is 3.51. The summed E-state index contributed by atoms with van der Waals surface area (Å²) < 4.78 is 0. The number of amides is 1. The lowest BCUT2D eigenvalue weighted by Gasteiger charge is -2.24. The number of nitrogens with one attached hydrogen (secondary N) is 2. The monoisotopic (exact) mass is 284 g/mol. The first-order valence-electron chi connectivity index (χ1n) is 6.93. The Labute approximate surface area is 121 Å². The summed E-state index contributed by atoms with van der Waals surface area (Å²) in [6.45, 7) is 1.88. The van der Waals surface area contributed by atoms with Gasteiger partial charge in [-0.2, -0.15) is 5.10 Å². The van der Waals surface area contributed by atoms with E-state index in [1.807, 2.05) is 13.0 Å². The van der Waals surface area contributed by atoms with Crippen molar-refractivity contribution < 1.29 is 4.79 Å². The third-order valence-electron chi connectivity index (χ3n) is 3.68. The van der Waals surface area contributed by atoms with Crippen molar-refractivity contribution in [3.05, 3.63) is 57.3 Å². The van der Waals surface area contributed by atoms with E-state index in [0.29, 0.717) is 12.0 Å². The molecule has 2 aromatic rings. The number of carbonyl (C=O) groups is 1. The topological polar surface area (TPSA) is 87.7 Å². The van der Waals surface area contributed by atoms with E-state index < -0.39 is 0 Å². The summed E-state index contributed by atoms with van der Waals surface area (Å²) in [4.78, 5) is 27.6. The summed E-state index contributed by atoms with van der Waals surface area (Å²) in [6.07, 6.45) is 3.78. The van der Waals surface area contributed by atoms with Gasteiger partial charge in [-0.15, -0.1) is 0 Å². The third-order valence-corrected chi connectivity index (χ3v) is 3.68. The summed E-state index contributed by atoms with van der Waals surface area (Å²) in [5.74, 6) is -0.131. The van der Waals surface area contributed by atoms with Crippen molar-refractivity contribution in [3.63, 3.8) is 0 Å². The average Bonchev–Trinajstić information content (AvgIpc) is 2.47. The van der Waals surface area contributed by atoms with Crippen molar-refractivity contribution in [1.29, 1.82) is 0 Å². The molecule has 21 heavy (non-hydrogen) atoms. The first kappa shape index (κ1) is 13.5. The van der Waals surface area contributed by atoms with Gasteiger partial charge in [0.1, 0.15) is 0 Å². The van der Waals surface area contributed by atoms with Gasteiger partial charge in [0.25, 0.3) is 11.5 Å². The summed E-state index contributed by atoms with van der Waals surface area (Å²) >= 11 is 0. The van der Waals surface area contributed by atoms with E-state index in [9.17, 15) is 9.59 Å². The Morgan fingerprint density at radius 1 is 1.43 bits per heavy atom. The fourth-order valence-electron chi connectivity index (χ4n) is 2.53. The van der Waals surface area contributed by atoms with Gasteiger partial charge >= 0.3 is 0 Å².